The van der Waals surface area contributed by atoms with Crippen LogP contribution in [0, 0.1) is 0 Å². The second-order valence-electron chi connectivity index (χ2n) is 1.68. The third-order valence-electron chi connectivity index (χ3n) is 0.975. The lowest BCUT2D eigenvalue weighted by Crippen LogP contribution is -2.22. The van der Waals surface area contributed by atoms with Gasteiger partial charge in [-0.05, 0) is 0 Å². The first-order valence-corrected chi connectivity index (χ1v) is 3.77. The highest BCUT2D eigenvalue weighted by Crippen LogP contribution is 1.99. The summed E-state index contributed by atoms with van der Waals surface area (Å²) in [6.07, 6.45) is -0.458. The van der Waals surface area contributed by atoms with Crippen molar-refractivity contribution in [2.24, 2.45) is 0 Å². The Morgan fingerprint density at radius 2 is 2.73 bits per heavy atom. The molecule has 1 amide bonds. The van der Waals surface area contributed by atoms with Gasteiger partial charge in [0.15, 0.2) is 0 Å². The van der Waals surface area contributed by atoms with Gasteiger partial charge in [-0.15, -0.1) is 21.5 Å². The van der Waals surface area contributed by atoms with E-state index in [0.717, 1.165) is 5.01 Å². The van der Waals surface area contributed by atoms with Crippen molar-refractivity contribution in [2.75, 3.05) is 7.11 Å². The Balaban J connectivity index is 2.29. The smallest absolute Gasteiger partial charge is 0.407 e. The number of carbonyl (C=O) groups is 1. The quantitative estimate of drug-likeness (QED) is 0.702. The number of amides is 1. The second kappa shape index (κ2) is 3.87. The first-order valence-electron chi connectivity index (χ1n) is 2.90. The molecule has 0 aliphatic rings. The zero-order valence-corrected chi connectivity index (χ0v) is 6.72. The lowest BCUT2D eigenvalue weighted by molar-refractivity contribution is 0.170. The summed E-state index contributed by atoms with van der Waals surface area (Å²) < 4.78 is 4.35. The molecule has 0 atom stereocenters. The largest absolute Gasteiger partial charge is 0.453 e. The fraction of sp³-hybridized carbons (Fsp3) is 0.400. The van der Waals surface area contributed by atoms with Crippen molar-refractivity contribution in [3.8, 4) is 0 Å². The van der Waals surface area contributed by atoms with Gasteiger partial charge in [0.1, 0.15) is 10.5 Å². The third kappa shape index (κ3) is 2.50. The SMILES string of the molecule is COC(=O)NCc1nncs1. The van der Waals surface area contributed by atoms with Crippen molar-refractivity contribution in [3.63, 3.8) is 0 Å². The van der Waals surface area contributed by atoms with Gasteiger partial charge in [-0.1, -0.05) is 0 Å². The number of methoxy groups -OCH3 is 1. The topological polar surface area (TPSA) is 64.1 Å². The van der Waals surface area contributed by atoms with Gasteiger partial charge in [-0.3, -0.25) is 0 Å². The zero-order valence-electron chi connectivity index (χ0n) is 5.90. The second-order valence-corrected chi connectivity index (χ2v) is 2.60. The van der Waals surface area contributed by atoms with Crippen LogP contribution in [0.5, 0.6) is 0 Å². The minimum Gasteiger partial charge on any atom is -0.453 e. The van der Waals surface area contributed by atoms with E-state index in [1.54, 1.807) is 5.51 Å². The van der Waals surface area contributed by atoms with Gasteiger partial charge >= 0.3 is 6.09 Å². The summed E-state index contributed by atoms with van der Waals surface area (Å²) in [5.41, 5.74) is 1.61. The molecule has 11 heavy (non-hydrogen) atoms. The molecule has 0 radical (unpaired) electrons. The number of nitrogens with zero attached hydrogens (tertiary/aromatic N) is 2. The average Bonchev–Trinajstić information content (AvgIpc) is 2.52. The van der Waals surface area contributed by atoms with Gasteiger partial charge in [-0.25, -0.2) is 4.79 Å². The first-order chi connectivity index (χ1) is 5.33. The van der Waals surface area contributed by atoms with Gasteiger partial charge in [0.25, 0.3) is 0 Å². The van der Waals surface area contributed by atoms with E-state index >= 15 is 0 Å². The summed E-state index contributed by atoms with van der Waals surface area (Å²) in [5, 5.41) is 10.6. The molecule has 5 nitrogen and oxygen atoms in total. The van der Waals surface area contributed by atoms with Crippen molar-refractivity contribution in [1.29, 1.82) is 0 Å². The summed E-state index contributed by atoms with van der Waals surface area (Å²) in [6, 6.07) is 0. The van der Waals surface area contributed by atoms with Gasteiger partial charge in [-0.2, -0.15) is 0 Å². The van der Waals surface area contributed by atoms with Crippen LogP contribution in [0.4, 0.5) is 4.79 Å². The minimum atomic E-state index is -0.458. The van der Waals surface area contributed by atoms with Crippen molar-refractivity contribution in [1.82, 2.24) is 15.5 Å². The summed E-state index contributed by atoms with van der Waals surface area (Å²) in [5.74, 6) is 0. The predicted octanol–water partition coefficient (Wildman–Crippen LogP) is 0.394. The summed E-state index contributed by atoms with van der Waals surface area (Å²) >= 11 is 1.38. The van der Waals surface area contributed by atoms with Crippen LogP contribution < -0.4 is 5.32 Å². The van der Waals surface area contributed by atoms with Crippen molar-refractivity contribution >= 4 is 17.4 Å². The summed E-state index contributed by atoms with van der Waals surface area (Å²) in [7, 11) is 1.31. The van der Waals surface area contributed by atoms with Gasteiger partial charge in [0, 0.05) is 0 Å². The lowest BCUT2D eigenvalue weighted by atomic mass is 10.7. The van der Waals surface area contributed by atoms with Crippen LogP contribution >= 0.6 is 11.3 Å². The number of nitrogens with one attached hydrogen (secondary N) is 1. The molecule has 1 rings (SSSR count). The Bertz CT molecular complexity index is 224. The van der Waals surface area contributed by atoms with Crippen molar-refractivity contribution < 1.29 is 9.53 Å². The average molecular weight is 173 g/mol. The van der Waals surface area contributed by atoms with Crippen LogP contribution in [0.3, 0.4) is 0 Å². The molecule has 1 N–H and O–H groups in total. The highest BCUT2D eigenvalue weighted by Gasteiger charge is 1.99. The van der Waals surface area contributed by atoms with E-state index in [0.29, 0.717) is 6.54 Å². The molecule has 0 spiro atoms. The van der Waals surface area contributed by atoms with Gasteiger partial charge in [0.05, 0.1) is 13.7 Å². The van der Waals surface area contributed by atoms with Gasteiger partial charge < -0.3 is 10.1 Å². The third-order valence-corrected chi connectivity index (χ3v) is 1.67. The van der Waals surface area contributed by atoms with Crippen LogP contribution in [0.15, 0.2) is 5.51 Å². The monoisotopic (exact) mass is 173 g/mol. The Hall–Kier alpha value is -1.17. The van der Waals surface area contributed by atoms with Crippen LogP contribution in [0.25, 0.3) is 0 Å². The lowest BCUT2D eigenvalue weighted by Gasteiger charge is -1.98. The minimum absolute atomic E-state index is 0.372. The van der Waals surface area contributed by atoms with Crippen LogP contribution in [0.1, 0.15) is 5.01 Å². The number of hydrogen-bond donors (Lipinski definition) is 1. The fourth-order valence-corrected chi connectivity index (χ4v) is 0.959. The van der Waals surface area contributed by atoms with E-state index < -0.39 is 6.09 Å². The molecule has 6 heteroatoms. The van der Waals surface area contributed by atoms with E-state index in [2.05, 4.69) is 20.3 Å². The predicted molar refractivity (Wildman–Crippen MR) is 39.2 cm³/mol. The Morgan fingerprint density at radius 3 is 3.27 bits per heavy atom. The molecule has 1 aromatic rings. The van der Waals surface area contributed by atoms with E-state index in [9.17, 15) is 4.79 Å². The summed E-state index contributed by atoms with van der Waals surface area (Å²) in [6.45, 7) is 0.372. The van der Waals surface area contributed by atoms with E-state index in [1.165, 1.54) is 18.4 Å². The highest BCUT2D eigenvalue weighted by molar-refractivity contribution is 7.09. The molecule has 0 fully saturated rings. The molecule has 0 bridgehead atoms. The maximum atomic E-state index is 10.5. The number of ether oxygens (including phenoxy) is 1. The van der Waals surface area contributed by atoms with Gasteiger partial charge in [0.2, 0.25) is 0 Å². The number of rotatable bonds is 2. The molecule has 60 valence electrons. The number of hydrogen-bond acceptors (Lipinski definition) is 5. The van der Waals surface area contributed by atoms with Crippen molar-refractivity contribution in [3.05, 3.63) is 10.5 Å². The van der Waals surface area contributed by atoms with Crippen LogP contribution in [0.2, 0.25) is 0 Å². The molecular formula is C5H7N3O2S. The molecule has 1 aromatic heterocycles. The first kappa shape index (κ1) is 7.93. The fourth-order valence-electron chi connectivity index (χ4n) is 0.493. The highest BCUT2D eigenvalue weighted by atomic mass is 32.1. The normalized spacial score (nSPS) is 9.18. The zero-order chi connectivity index (χ0) is 8.10. The number of alkyl carbamates (subject to hydrolysis) is 1. The summed E-state index contributed by atoms with van der Waals surface area (Å²) in [4.78, 5) is 10.5. The van der Waals surface area contributed by atoms with Crippen molar-refractivity contribution in [2.45, 2.75) is 6.54 Å². The molecule has 0 unspecified atom stereocenters. The standard InChI is InChI=1S/C5H7N3O2S/c1-10-5(9)6-2-4-8-7-3-11-4/h3H,2H2,1H3,(H,6,9). The molecular weight excluding hydrogens is 166 g/mol. The maximum absolute atomic E-state index is 10.5. The molecule has 0 aliphatic heterocycles. The number of carbonyl (C=O) groups excluding carboxylic acids is 1. The van der Waals surface area contributed by atoms with E-state index in [-0.39, 0.29) is 0 Å². The number of aromatic nitrogens is 2. The molecule has 0 saturated carbocycles. The molecule has 0 saturated heterocycles. The Morgan fingerprint density at radius 1 is 1.91 bits per heavy atom. The van der Waals surface area contributed by atoms with E-state index in [1.807, 2.05) is 0 Å². The molecule has 1 heterocycles. The molecule has 0 aromatic carbocycles. The van der Waals surface area contributed by atoms with Crippen LogP contribution in [-0.2, 0) is 11.3 Å². The maximum Gasteiger partial charge on any atom is 0.407 e. The Kier molecular flexibility index (Phi) is 2.79. The Labute approximate surface area is 67.4 Å². The molecule has 0 aliphatic carbocycles. The van der Waals surface area contributed by atoms with E-state index in [4.69, 9.17) is 0 Å². The van der Waals surface area contributed by atoms with Crippen LogP contribution in [-0.4, -0.2) is 23.4 Å².